The summed E-state index contributed by atoms with van der Waals surface area (Å²) in [4.78, 5) is 0.121. The second kappa shape index (κ2) is 5.60. The van der Waals surface area contributed by atoms with Crippen molar-refractivity contribution in [1.29, 1.82) is 0 Å². The molecule has 0 saturated heterocycles. The van der Waals surface area contributed by atoms with Crippen molar-refractivity contribution >= 4 is 15.7 Å². The van der Waals surface area contributed by atoms with Gasteiger partial charge in [0.2, 0.25) is 0 Å². The monoisotopic (exact) mass is 294 g/mol. The summed E-state index contributed by atoms with van der Waals surface area (Å²) in [6.07, 6.45) is 0. The molecule has 4 nitrogen and oxygen atoms in total. The lowest BCUT2D eigenvalue weighted by molar-refractivity contribution is 0.600. The van der Waals surface area contributed by atoms with Gasteiger partial charge >= 0.3 is 0 Å². The van der Waals surface area contributed by atoms with E-state index in [-0.39, 0.29) is 22.7 Å². The van der Waals surface area contributed by atoms with E-state index in [9.17, 15) is 12.8 Å². The average molecular weight is 294 g/mol. The summed E-state index contributed by atoms with van der Waals surface area (Å²) in [5.41, 5.74) is 6.71. The molecule has 0 aromatic heterocycles. The minimum absolute atomic E-state index is 0.0849. The molecule has 2 aromatic carbocycles. The summed E-state index contributed by atoms with van der Waals surface area (Å²) in [7, 11) is -3.75. The molecule has 0 heterocycles. The van der Waals surface area contributed by atoms with E-state index in [1.54, 1.807) is 12.1 Å². The fraction of sp³-hybridized carbons (Fsp3) is 0.143. The molecule has 0 spiro atoms. The lowest BCUT2D eigenvalue weighted by Gasteiger charge is -2.12. The zero-order chi connectivity index (χ0) is 14.8. The minimum Gasteiger partial charge on any atom is -0.326 e. The second-order valence-corrected chi connectivity index (χ2v) is 6.07. The number of aryl methyl sites for hydroxylation is 1. The van der Waals surface area contributed by atoms with Crippen LogP contribution in [0.5, 0.6) is 0 Å². The fourth-order valence-corrected chi connectivity index (χ4v) is 2.88. The molecule has 106 valence electrons. The predicted molar refractivity (Wildman–Crippen MR) is 76.3 cm³/mol. The van der Waals surface area contributed by atoms with Crippen LogP contribution in [0.15, 0.2) is 47.4 Å². The van der Waals surface area contributed by atoms with E-state index in [0.29, 0.717) is 0 Å². The Balaban J connectivity index is 2.38. The van der Waals surface area contributed by atoms with Crippen LogP contribution in [-0.2, 0) is 16.6 Å². The number of anilines is 1. The first-order valence-corrected chi connectivity index (χ1v) is 7.49. The molecule has 0 bridgehead atoms. The second-order valence-electron chi connectivity index (χ2n) is 4.39. The van der Waals surface area contributed by atoms with Crippen molar-refractivity contribution in [2.75, 3.05) is 4.72 Å². The standard InChI is InChI=1S/C14H15FN2O2S/c1-10-5-7-11(8-6-10)20(18,19)17-14-4-2-3-13(15)12(14)9-16/h2-8,17H,9,16H2,1H3. The highest BCUT2D eigenvalue weighted by molar-refractivity contribution is 7.92. The molecule has 2 rings (SSSR count). The van der Waals surface area contributed by atoms with Crippen molar-refractivity contribution in [2.45, 2.75) is 18.4 Å². The highest BCUT2D eigenvalue weighted by Gasteiger charge is 2.16. The van der Waals surface area contributed by atoms with Crippen molar-refractivity contribution in [2.24, 2.45) is 5.73 Å². The maximum absolute atomic E-state index is 13.6. The summed E-state index contributed by atoms with van der Waals surface area (Å²) in [5, 5.41) is 0. The van der Waals surface area contributed by atoms with Crippen molar-refractivity contribution in [1.82, 2.24) is 0 Å². The molecule has 0 aliphatic rings. The van der Waals surface area contributed by atoms with Gasteiger partial charge in [-0.05, 0) is 31.2 Å². The third-order valence-corrected chi connectivity index (χ3v) is 4.28. The molecule has 3 N–H and O–H groups in total. The Hall–Kier alpha value is -1.92. The number of nitrogens with two attached hydrogens (primary N) is 1. The zero-order valence-corrected chi connectivity index (χ0v) is 11.7. The third-order valence-electron chi connectivity index (χ3n) is 2.90. The number of hydrogen-bond acceptors (Lipinski definition) is 3. The lowest BCUT2D eigenvalue weighted by Crippen LogP contribution is -2.15. The zero-order valence-electron chi connectivity index (χ0n) is 10.9. The number of benzene rings is 2. The average Bonchev–Trinajstić information content (AvgIpc) is 2.39. The van der Waals surface area contributed by atoms with E-state index in [4.69, 9.17) is 5.73 Å². The van der Waals surface area contributed by atoms with E-state index in [1.807, 2.05) is 6.92 Å². The van der Waals surface area contributed by atoms with E-state index < -0.39 is 15.8 Å². The van der Waals surface area contributed by atoms with Gasteiger partial charge in [-0.2, -0.15) is 0 Å². The van der Waals surface area contributed by atoms with Crippen molar-refractivity contribution in [3.63, 3.8) is 0 Å². The van der Waals surface area contributed by atoms with Gasteiger partial charge in [0.05, 0.1) is 10.6 Å². The van der Waals surface area contributed by atoms with Crippen LogP contribution in [0.1, 0.15) is 11.1 Å². The first-order chi connectivity index (χ1) is 9.44. The van der Waals surface area contributed by atoms with E-state index in [0.717, 1.165) is 5.56 Å². The Morgan fingerprint density at radius 2 is 1.80 bits per heavy atom. The Bertz CT molecular complexity index is 712. The quantitative estimate of drug-likeness (QED) is 0.909. The molecule has 0 aliphatic carbocycles. The smallest absolute Gasteiger partial charge is 0.261 e. The third kappa shape index (κ3) is 2.97. The first-order valence-electron chi connectivity index (χ1n) is 6.01. The SMILES string of the molecule is Cc1ccc(S(=O)(=O)Nc2cccc(F)c2CN)cc1. The van der Waals surface area contributed by atoms with E-state index >= 15 is 0 Å². The molecule has 0 atom stereocenters. The number of halogens is 1. The molecule has 0 saturated carbocycles. The van der Waals surface area contributed by atoms with Gasteiger partial charge in [0, 0.05) is 12.1 Å². The molecular formula is C14H15FN2O2S. The van der Waals surface area contributed by atoms with Gasteiger partial charge < -0.3 is 5.73 Å². The molecule has 0 radical (unpaired) electrons. The number of rotatable bonds is 4. The van der Waals surface area contributed by atoms with Crippen LogP contribution >= 0.6 is 0 Å². The van der Waals surface area contributed by atoms with Crippen LogP contribution in [0.25, 0.3) is 0 Å². The number of hydrogen-bond donors (Lipinski definition) is 2. The largest absolute Gasteiger partial charge is 0.326 e. The maximum Gasteiger partial charge on any atom is 0.261 e. The number of nitrogens with one attached hydrogen (secondary N) is 1. The van der Waals surface area contributed by atoms with Gasteiger partial charge in [0.15, 0.2) is 0 Å². The van der Waals surface area contributed by atoms with Crippen LogP contribution in [0.3, 0.4) is 0 Å². The molecule has 20 heavy (non-hydrogen) atoms. The van der Waals surface area contributed by atoms with Gasteiger partial charge in [0.25, 0.3) is 10.0 Å². The van der Waals surface area contributed by atoms with Gasteiger partial charge in [0.1, 0.15) is 5.82 Å². The highest BCUT2D eigenvalue weighted by atomic mass is 32.2. The fourth-order valence-electron chi connectivity index (χ4n) is 1.78. The Kier molecular flexibility index (Phi) is 4.06. The highest BCUT2D eigenvalue weighted by Crippen LogP contribution is 2.22. The normalized spacial score (nSPS) is 11.3. The summed E-state index contributed by atoms with van der Waals surface area (Å²) in [6, 6.07) is 10.6. The van der Waals surface area contributed by atoms with E-state index in [2.05, 4.69) is 4.72 Å². The molecule has 0 amide bonds. The molecule has 0 unspecified atom stereocenters. The van der Waals surface area contributed by atoms with Crippen molar-refractivity contribution in [3.05, 3.63) is 59.4 Å². The first kappa shape index (κ1) is 14.5. The van der Waals surface area contributed by atoms with E-state index in [1.165, 1.54) is 30.3 Å². The summed E-state index contributed by atoms with van der Waals surface area (Å²) >= 11 is 0. The Morgan fingerprint density at radius 3 is 2.40 bits per heavy atom. The van der Waals surface area contributed by atoms with Crippen LogP contribution in [-0.4, -0.2) is 8.42 Å². The van der Waals surface area contributed by atoms with Crippen LogP contribution < -0.4 is 10.5 Å². The van der Waals surface area contributed by atoms with Crippen LogP contribution in [0.2, 0.25) is 0 Å². The summed E-state index contributed by atoms with van der Waals surface area (Å²) < 4.78 is 40.4. The predicted octanol–water partition coefficient (Wildman–Crippen LogP) is 2.39. The Morgan fingerprint density at radius 1 is 1.15 bits per heavy atom. The van der Waals surface area contributed by atoms with Gasteiger partial charge in [-0.3, -0.25) is 4.72 Å². The minimum atomic E-state index is -3.75. The van der Waals surface area contributed by atoms with Crippen molar-refractivity contribution in [3.8, 4) is 0 Å². The molecule has 6 heteroatoms. The van der Waals surface area contributed by atoms with Gasteiger partial charge in [-0.1, -0.05) is 23.8 Å². The molecule has 0 fully saturated rings. The van der Waals surface area contributed by atoms with Gasteiger partial charge in [-0.15, -0.1) is 0 Å². The number of sulfonamides is 1. The van der Waals surface area contributed by atoms with Gasteiger partial charge in [-0.25, -0.2) is 12.8 Å². The molecule has 2 aromatic rings. The van der Waals surface area contributed by atoms with Crippen LogP contribution in [0, 0.1) is 12.7 Å². The lowest BCUT2D eigenvalue weighted by atomic mass is 10.2. The summed E-state index contributed by atoms with van der Waals surface area (Å²) in [6.45, 7) is 1.78. The molecular weight excluding hydrogens is 279 g/mol. The van der Waals surface area contributed by atoms with Crippen LogP contribution in [0.4, 0.5) is 10.1 Å². The Labute approximate surface area is 117 Å². The summed E-state index contributed by atoms with van der Waals surface area (Å²) in [5.74, 6) is -0.531. The molecule has 0 aliphatic heterocycles. The van der Waals surface area contributed by atoms with Crippen molar-refractivity contribution < 1.29 is 12.8 Å². The topological polar surface area (TPSA) is 72.2 Å². The maximum atomic E-state index is 13.6.